The van der Waals surface area contributed by atoms with Crippen LogP contribution in [-0.4, -0.2) is 110 Å². The zero-order valence-corrected chi connectivity index (χ0v) is 32.9. The minimum Gasteiger partial charge on any atom is -0.471 e. The van der Waals surface area contributed by atoms with E-state index < -0.39 is 115 Å². The number of carbonyl (C=O) groups is 8. The standard InChI is InChI=1S/C40H42O19/c1-19(52-31(46)13-10-25-8-11-26(12-9-25)53-21(3)42)28-16-40(59-37(28)48)15-14-27-29(36(47)49-7)17-51-38(32(27)40)58-39-35(56-24(6)45)34(55-23(5)44)33(54-22(4)43)30(57-39)18-50-20(2)41/h8-17,19,27,30,32-35,38-39H,18H2,1-7H3. The molecular weight excluding hydrogens is 784 g/mol. The number of esters is 8. The highest BCUT2D eigenvalue weighted by atomic mass is 16.8. The largest absolute Gasteiger partial charge is 0.471 e. The molecule has 10 atom stereocenters. The molecular formula is C40H42O19. The second kappa shape index (κ2) is 18.5. The quantitative estimate of drug-likeness (QED) is 0.0910. The smallest absolute Gasteiger partial charge is 0.338 e. The molecule has 59 heavy (non-hydrogen) atoms. The van der Waals surface area contributed by atoms with Crippen LogP contribution in [-0.2, 0) is 85.7 Å². The molecule has 0 N–H and O–H groups in total. The molecule has 1 aromatic rings. The summed E-state index contributed by atoms with van der Waals surface area (Å²) in [5.74, 6) is -7.99. The van der Waals surface area contributed by atoms with Gasteiger partial charge in [0.25, 0.3) is 0 Å². The Morgan fingerprint density at radius 3 is 2.08 bits per heavy atom. The van der Waals surface area contributed by atoms with E-state index in [1.165, 1.54) is 32.1 Å². The van der Waals surface area contributed by atoms with Crippen molar-refractivity contribution in [2.75, 3.05) is 13.7 Å². The van der Waals surface area contributed by atoms with Crippen LogP contribution in [0.4, 0.5) is 0 Å². The van der Waals surface area contributed by atoms with Crippen molar-refractivity contribution >= 4 is 53.8 Å². The van der Waals surface area contributed by atoms with Crippen molar-refractivity contribution in [2.45, 2.75) is 90.2 Å². The number of ether oxygens (including phenoxy) is 11. The number of fused-ring (bicyclic) bond motifs is 2. The number of benzene rings is 1. The van der Waals surface area contributed by atoms with E-state index in [2.05, 4.69) is 0 Å². The van der Waals surface area contributed by atoms with Gasteiger partial charge in [0, 0.05) is 46.6 Å². The molecule has 1 aromatic carbocycles. The summed E-state index contributed by atoms with van der Waals surface area (Å²) < 4.78 is 61.4. The van der Waals surface area contributed by atoms with Gasteiger partial charge in [-0.15, -0.1) is 0 Å². The lowest BCUT2D eigenvalue weighted by Gasteiger charge is -2.46. The van der Waals surface area contributed by atoms with Crippen molar-refractivity contribution in [3.8, 4) is 5.75 Å². The first-order valence-electron chi connectivity index (χ1n) is 18.1. The maximum absolute atomic E-state index is 13.5. The molecule has 0 bridgehead atoms. The van der Waals surface area contributed by atoms with E-state index in [4.69, 9.17) is 52.1 Å². The Morgan fingerprint density at radius 2 is 1.47 bits per heavy atom. The van der Waals surface area contributed by atoms with Gasteiger partial charge in [-0.1, -0.05) is 18.2 Å². The predicted molar refractivity (Wildman–Crippen MR) is 193 cm³/mol. The molecule has 5 rings (SSSR count). The zero-order valence-electron chi connectivity index (χ0n) is 32.9. The third kappa shape index (κ3) is 10.4. The summed E-state index contributed by atoms with van der Waals surface area (Å²) in [5, 5.41) is 0. The molecule has 1 spiro atoms. The molecule has 19 heteroatoms. The van der Waals surface area contributed by atoms with Gasteiger partial charge in [-0.25, -0.2) is 14.4 Å². The first kappa shape index (κ1) is 43.8. The Hall–Kier alpha value is -6.34. The predicted octanol–water partition coefficient (Wildman–Crippen LogP) is 2.09. The van der Waals surface area contributed by atoms with E-state index >= 15 is 0 Å². The van der Waals surface area contributed by atoms with Crippen LogP contribution in [0.3, 0.4) is 0 Å². The summed E-state index contributed by atoms with van der Waals surface area (Å²) in [6, 6.07) is 6.30. The molecule has 3 aliphatic heterocycles. The molecule has 10 unspecified atom stereocenters. The summed E-state index contributed by atoms with van der Waals surface area (Å²) in [6.45, 7) is 6.49. The number of hydrogen-bond donors (Lipinski definition) is 0. The van der Waals surface area contributed by atoms with E-state index in [0.717, 1.165) is 47.1 Å². The molecule has 19 nitrogen and oxygen atoms in total. The Morgan fingerprint density at radius 1 is 0.831 bits per heavy atom. The van der Waals surface area contributed by atoms with E-state index in [1.54, 1.807) is 30.3 Å². The Kier molecular flexibility index (Phi) is 13.7. The first-order chi connectivity index (χ1) is 27.9. The number of allylic oxidation sites excluding steroid dienone is 1. The highest BCUT2D eigenvalue weighted by Crippen LogP contribution is 2.51. The average Bonchev–Trinajstić information content (AvgIpc) is 3.70. The maximum Gasteiger partial charge on any atom is 0.338 e. The third-order valence-corrected chi connectivity index (χ3v) is 9.26. The van der Waals surface area contributed by atoms with E-state index in [-0.39, 0.29) is 11.1 Å². The van der Waals surface area contributed by atoms with Crippen LogP contribution in [0.5, 0.6) is 5.75 Å². The molecule has 0 saturated carbocycles. The minimum atomic E-state index is -1.71. The lowest BCUT2D eigenvalue weighted by atomic mass is 9.78. The summed E-state index contributed by atoms with van der Waals surface area (Å²) in [6.07, 6.45) is -2.29. The van der Waals surface area contributed by atoms with Gasteiger partial charge in [0.2, 0.25) is 12.6 Å². The lowest BCUT2D eigenvalue weighted by molar-refractivity contribution is -0.347. The van der Waals surface area contributed by atoms with Crippen LogP contribution >= 0.6 is 0 Å². The number of hydrogen-bond acceptors (Lipinski definition) is 19. The summed E-state index contributed by atoms with van der Waals surface area (Å²) >= 11 is 0. The fourth-order valence-electron chi connectivity index (χ4n) is 6.93. The Bertz CT molecular complexity index is 1980. The fourth-order valence-corrected chi connectivity index (χ4v) is 6.93. The molecule has 3 heterocycles. The molecule has 0 aromatic heterocycles. The second-order valence-electron chi connectivity index (χ2n) is 13.6. The monoisotopic (exact) mass is 826 g/mol. The van der Waals surface area contributed by atoms with Crippen molar-refractivity contribution in [2.24, 2.45) is 11.8 Å². The average molecular weight is 827 g/mol. The zero-order chi connectivity index (χ0) is 43.2. The van der Waals surface area contributed by atoms with Crippen LogP contribution in [0, 0.1) is 11.8 Å². The van der Waals surface area contributed by atoms with Gasteiger partial charge in [0.15, 0.2) is 23.9 Å². The van der Waals surface area contributed by atoms with Crippen molar-refractivity contribution < 1.29 is 90.5 Å². The third-order valence-electron chi connectivity index (χ3n) is 9.26. The fraction of sp³-hybridized carbons (Fsp3) is 0.450. The molecule has 4 aliphatic rings. The molecule has 1 saturated heterocycles. The van der Waals surface area contributed by atoms with Gasteiger partial charge in [-0.2, -0.15) is 0 Å². The summed E-state index contributed by atoms with van der Waals surface area (Å²) in [7, 11) is 1.16. The topological polar surface area (TPSA) is 238 Å². The molecule has 316 valence electrons. The molecule has 1 aliphatic carbocycles. The Balaban J connectivity index is 1.45. The van der Waals surface area contributed by atoms with E-state index in [1.807, 2.05) is 0 Å². The second-order valence-corrected chi connectivity index (χ2v) is 13.6. The highest BCUT2D eigenvalue weighted by Gasteiger charge is 2.61. The maximum atomic E-state index is 13.5. The SMILES string of the molecule is COC(=O)C1=COC(OC2OC(COC(C)=O)C(OC(C)=O)C(OC(C)=O)C2OC(C)=O)C2C1C=CC21C=C(C(C)OC(=O)C=Cc2ccc(OC(C)=O)cc2)C(=O)O1. The van der Waals surface area contributed by atoms with Crippen molar-refractivity contribution in [3.05, 3.63) is 71.5 Å². The molecule has 1 fully saturated rings. The van der Waals surface area contributed by atoms with Crippen molar-refractivity contribution in [1.29, 1.82) is 0 Å². The summed E-state index contributed by atoms with van der Waals surface area (Å²) in [5.41, 5.74) is -1.17. The molecule has 0 radical (unpaired) electrons. The lowest BCUT2D eigenvalue weighted by Crippen LogP contribution is -2.64. The highest BCUT2D eigenvalue weighted by molar-refractivity contribution is 5.95. The normalized spacial score (nSPS) is 28.5. The van der Waals surface area contributed by atoms with Crippen LogP contribution in [0.1, 0.15) is 47.1 Å². The van der Waals surface area contributed by atoms with Crippen LogP contribution in [0.15, 0.2) is 66.0 Å². The van der Waals surface area contributed by atoms with Gasteiger partial charge in [-0.3, -0.25) is 24.0 Å². The van der Waals surface area contributed by atoms with E-state index in [0.29, 0.717) is 11.3 Å². The number of carbonyl (C=O) groups excluding carboxylic acids is 8. The minimum absolute atomic E-state index is 0.00965. The van der Waals surface area contributed by atoms with Gasteiger partial charge in [-0.05, 0) is 42.8 Å². The van der Waals surface area contributed by atoms with Crippen LogP contribution in [0.25, 0.3) is 6.08 Å². The van der Waals surface area contributed by atoms with Gasteiger partial charge >= 0.3 is 47.8 Å². The van der Waals surface area contributed by atoms with Gasteiger partial charge < -0.3 is 52.1 Å². The van der Waals surface area contributed by atoms with E-state index in [9.17, 15) is 38.4 Å². The number of rotatable bonds is 13. The van der Waals surface area contributed by atoms with Gasteiger partial charge in [0.1, 0.15) is 24.6 Å². The summed E-state index contributed by atoms with van der Waals surface area (Å²) in [4.78, 5) is 99.3. The molecule has 0 amide bonds. The van der Waals surface area contributed by atoms with Crippen molar-refractivity contribution in [3.63, 3.8) is 0 Å². The number of methoxy groups -OCH3 is 1. The van der Waals surface area contributed by atoms with Crippen LogP contribution < -0.4 is 4.74 Å². The van der Waals surface area contributed by atoms with Crippen molar-refractivity contribution in [1.82, 2.24) is 0 Å². The van der Waals surface area contributed by atoms with Crippen LogP contribution in [0.2, 0.25) is 0 Å². The first-order valence-corrected chi connectivity index (χ1v) is 18.1. The van der Waals surface area contributed by atoms with Gasteiger partial charge in [0.05, 0.1) is 30.4 Å². The Labute approximate surface area is 337 Å².